The SMILES string of the molecule is C#C[C@@]1(CO[P@](=O)(N[C@H](C(=O)OC(C)C)C(C)C)Oc2ccc(F)cc2)C=C[C@H](n2cc(C)c(=O)[nH]c2=O)O1. The number of H-pyrrole nitrogens is 1. The number of aromatic nitrogens is 2. The number of aryl methyl sites for hydroxylation is 1. The highest BCUT2D eigenvalue weighted by Gasteiger charge is 2.42. The van der Waals surface area contributed by atoms with Crippen molar-refractivity contribution in [1.29, 1.82) is 0 Å². The van der Waals surface area contributed by atoms with Crippen LogP contribution in [0.1, 0.15) is 39.5 Å². The van der Waals surface area contributed by atoms with Gasteiger partial charge in [-0.25, -0.2) is 13.8 Å². The molecular weight excluding hydrogens is 532 g/mol. The number of rotatable bonds is 11. The van der Waals surface area contributed by atoms with Crippen molar-refractivity contribution in [2.75, 3.05) is 6.61 Å². The van der Waals surface area contributed by atoms with Crippen molar-refractivity contribution >= 4 is 13.7 Å². The minimum atomic E-state index is -4.39. The summed E-state index contributed by atoms with van der Waals surface area (Å²) in [5.74, 6) is 0.810. The summed E-state index contributed by atoms with van der Waals surface area (Å²) in [6.07, 6.45) is 8.55. The molecule has 0 saturated heterocycles. The van der Waals surface area contributed by atoms with Gasteiger partial charge in [-0.1, -0.05) is 19.8 Å². The minimum Gasteiger partial charge on any atom is -0.462 e. The van der Waals surface area contributed by atoms with E-state index < -0.39 is 67.3 Å². The van der Waals surface area contributed by atoms with E-state index in [-0.39, 0.29) is 11.3 Å². The number of aromatic amines is 1. The van der Waals surface area contributed by atoms with Gasteiger partial charge in [0.1, 0.15) is 24.2 Å². The van der Waals surface area contributed by atoms with Gasteiger partial charge in [-0.15, -0.1) is 6.42 Å². The van der Waals surface area contributed by atoms with Crippen molar-refractivity contribution in [2.45, 2.75) is 58.6 Å². The van der Waals surface area contributed by atoms with E-state index in [0.717, 1.165) is 16.7 Å². The average molecular weight is 564 g/mol. The van der Waals surface area contributed by atoms with Crippen LogP contribution in [-0.4, -0.2) is 39.9 Å². The second-order valence-corrected chi connectivity index (χ2v) is 11.2. The first-order valence-electron chi connectivity index (χ1n) is 12.1. The van der Waals surface area contributed by atoms with Crippen LogP contribution in [0.2, 0.25) is 0 Å². The van der Waals surface area contributed by atoms with Gasteiger partial charge >= 0.3 is 19.4 Å². The maximum Gasteiger partial charge on any atom is 0.459 e. The van der Waals surface area contributed by atoms with Gasteiger partial charge in [0.05, 0.1) is 6.10 Å². The Bertz CT molecular complexity index is 1430. The highest BCUT2D eigenvalue weighted by atomic mass is 31.2. The fraction of sp³-hybridized carbons (Fsp3) is 0.423. The summed E-state index contributed by atoms with van der Waals surface area (Å²) in [7, 11) is -4.39. The average Bonchev–Trinajstić information content (AvgIpc) is 3.29. The van der Waals surface area contributed by atoms with E-state index in [1.807, 2.05) is 0 Å². The van der Waals surface area contributed by atoms with Gasteiger partial charge in [0.25, 0.3) is 5.56 Å². The molecule has 0 saturated carbocycles. The lowest BCUT2D eigenvalue weighted by Gasteiger charge is -2.30. The molecule has 3 rings (SSSR count). The van der Waals surface area contributed by atoms with Crippen molar-refractivity contribution in [2.24, 2.45) is 5.92 Å². The number of carbonyl (C=O) groups is 1. The first-order chi connectivity index (χ1) is 18.3. The summed E-state index contributed by atoms with van der Waals surface area (Å²) in [6.45, 7) is 7.76. The van der Waals surface area contributed by atoms with Crippen LogP contribution < -0.4 is 20.9 Å². The quantitative estimate of drug-likeness (QED) is 0.183. The van der Waals surface area contributed by atoms with E-state index >= 15 is 0 Å². The third-order valence-corrected chi connectivity index (χ3v) is 7.10. The van der Waals surface area contributed by atoms with E-state index in [1.165, 1.54) is 37.4 Å². The second kappa shape index (κ2) is 12.1. The molecule has 2 aromatic rings. The third kappa shape index (κ3) is 7.55. The fourth-order valence-corrected chi connectivity index (χ4v) is 5.20. The maximum absolute atomic E-state index is 14.0. The molecule has 0 bridgehead atoms. The van der Waals surface area contributed by atoms with Crippen LogP contribution in [0.25, 0.3) is 0 Å². The van der Waals surface area contributed by atoms with Crippen LogP contribution in [0.5, 0.6) is 5.75 Å². The highest BCUT2D eigenvalue weighted by Crippen LogP contribution is 2.47. The zero-order valence-electron chi connectivity index (χ0n) is 22.2. The molecule has 0 amide bonds. The van der Waals surface area contributed by atoms with Crippen LogP contribution in [0.4, 0.5) is 4.39 Å². The van der Waals surface area contributed by atoms with Gasteiger partial charge in [0.2, 0.25) is 0 Å². The molecular formula is C26H31FN3O8P. The molecule has 0 aliphatic carbocycles. The van der Waals surface area contributed by atoms with E-state index in [4.69, 9.17) is 24.9 Å². The normalized spacial score (nSPS) is 20.9. The largest absolute Gasteiger partial charge is 0.462 e. The van der Waals surface area contributed by atoms with E-state index in [1.54, 1.807) is 27.7 Å². The smallest absolute Gasteiger partial charge is 0.459 e. The Morgan fingerprint density at radius 2 is 1.95 bits per heavy atom. The molecule has 2 N–H and O–H groups in total. The zero-order valence-corrected chi connectivity index (χ0v) is 23.1. The number of halogens is 1. The van der Waals surface area contributed by atoms with Gasteiger partial charge in [-0.3, -0.25) is 23.7 Å². The number of hydrogen-bond donors (Lipinski definition) is 2. The maximum atomic E-state index is 14.0. The van der Waals surface area contributed by atoms with Gasteiger partial charge in [-0.2, -0.15) is 5.09 Å². The van der Waals surface area contributed by atoms with Gasteiger partial charge in [0.15, 0.2) is 11.8 Å². The summed E-state index contributed by atoms with van der Waals surface area (Å²) in [5, 5.41) is 2.63. The molecule has 0 fully saturated rings. The Balaban J connectivity index is 1.87. The predicted molar refractivity (Wildman–Crippen MR) is 140 cm³/mol. The molecule has 1 aliphatic rings. The Morgan fingerprint density at radius 3 is 2.54 bits per heavy atom. The minimum absolute atomic E-state index is 0.00208. The van der Waals surface area contributed by atoms with Crippen LogP contribution in [0.15, 0.2) is 52.2 Å². The lowest BCUT2D eigenvalue weighted by molar-refractivity contribution is -0.150. The van der Waals surface area contributed by atoms with Crippen LogP contribution in [-0.2, 0) is 23.4 Å². The highest BCUT2D eigenvalue weighted by molar-refractivity contribution is 7.52. The zero-order chi connectivity index (χ0) is 29.0. The lowest BCUT2D eigenvalue weighted by atomic mass is 10.1. The van der Waals surface area contributed by atoms with Crippen molar-refractivity contribution < 1.29 is 32.3 Å². The molecule has 1 aromatic carbocycles. The van der Waals surface area contributed by atoms with Crippen LogP contribution >= 0.6 is 7.75 Å². The molecule has 4 atom stereocenters. The van der Waals surface area contributed by atoms with Gasteiger partial charge in [0, 0.05) is 11.8 Å². The van der Waals surface area contributed by atoms with Crippen LogP contribution in [0.3, 0.4) is 0 Å². The Hall–Kier alpha value is -3.49. The van der Waals surface area contributed by atoms with Crippen molar-refractivity contribution in [3.8, 4) is 18.1 Å². The van der Waals surface area contributed by atoms with Gasteiger partial charge in [-0.05, 0) is 63.1 Å². The molecule has 0 unspecified atom stereocenters. The molecule has 0 spiro atoms. The van der Waals surface area contributed by atoms with Crippen molar-refractivity contribution in [1.82, 2.24) is 14.6 Å². The number of esters is 1. The van der Waals surface area contributed by atoms with E-state index in [0.29, 0.717) is 0 Å². The molecule has 1 aromatic heterocycles. The lowest BCUT2D eigenvalue weighted by Crippen LogP contribution is -2.43. The summed E-state index contributed by atoms with van der Waals surface area (Å²) >= 11 is 0. The first kappa shape index (κ1) is 30.1. The molecule has 13 heteroatoms. The molecule has 11 nitrogen and oxygen atoms in total. The number of nitrogens with one attached hydrogen (secondary N) is 2. The third-order valence-electron chi connectivity index (χ3n) is 5.58. The molecule has 210 valence electrons. The Labute approximate surface area is 224 Å². The Morgan fingerprint density at radius 1 is 1.28 bits per heavy atom. The molecule has 2 heterocycles. The van der Waals surface area contributed by atoms with E-state index in [9.17, 15) is 23.3 Å². The monoisotopic (exact) mass is 563 g/mol. The van der Waals surface area contributed by atoms with Crippen LogP contribution in [0, 0.1) is 31.0 Å². The van der Waals surface area contributed by atoms with Gasteiger partial charge < -0.3 is 14.0 Å². The summed E-state index contributed by atoms with van der Waals surface area (Å²) in [6, 6.07) is 3.59. The number of carbonyl (C=O) groups excluding carboxylic acids is 1. The Kier molecular flexibility index (Phi) is 9.35. The molecule has 1 aliphatic heterocycles. The number of ether oxygens (including phenoxy) is 2. The predicted octanol–water partition coefficient (Wildman–Crippen LogP) is 3.21. The standard InChI is InChI=1S/C26H31FN3O8P/c1-7-26(13-12-21(37-26)30-14-18(6)23(31)28-25(30)33)15-35-39(34,38-20-10-8-19(27)9-11-20)29-22(16(2)3)24(32)36-17(4)5/h1,8-14,16-17,21-22H,15H2,2-6H3,(H,29,34)(H,28,31,33)/t21-,22+,26+,39-/m1/s1. The summed E-state index contributed by atoms with van der Waals surface area (Å²) in [5.41, 5.74) is -2.58. The van der Waals surface area contributed by atoms with Crippen molar-refractivity contribution in [3.63, 3.8) is 0 Å². The summed E-state index contributed by atoms with van der Waals surface area (Å²) in [4.78, 5) is 39.0. The topological polar surface area (TPSA) is 138 Å². The molecule has 0 radical (unpaired) electrons. The molecule has 39 heavy (non-hydrogen) atoms. The summed E-state index contributed by atoms with van der Waals surface area (Å²) < 4.78 is 51.0. The number of benzene rings is 1. The number of nitrogens with zero attached hydrogens (tertiary/aromatic N) is 1. The van der Waals surface area contributed by atoms with Crippen molar-refractivity contribution in [3.05, 3.63) is 74.8 Å². The van der Waals surface area contributed by atoms with E-state index in [2.05, 4.69) is 16.0 Å². The fourth-order valence-electron chi connectivity index (χ4n) is 3.52. The second-order valence-electron chi connectivity index (χ2n) is 9.53. The number of hydrogen-bond acceptors (Lipinski definition) is 8. The first-order valence-corrected chi connectivity index (χ1v) is 13.7. The number of terminal acetylenes is 1.